The molecule has 0 spiro atoms. The molecule has 2 aliphatic heterocycles. The molecule has 64 heavy (non-hydrogen) atoms. The number of cyclic esters (lactones) is 1. The molecule has 8 rings (SSSR count). The Hall–Kier alpha value is -6.13. The Morgan fingerprint density at radius 2 is 1.77 bits per heavy atom. The number of carbonyl (C=O) groups is 5. The van der Waals surface area contributed by atoms with Gasteiger partial charge in [-0.15, -0.1) is 6.58 Å². The SMILES string of the molecule is C=CC1CC1(NC(=O)[C@@H]1C[C@@H](Oc2cc(-c3ccccc3)nc3cc(OC)ccc23)CN1C(=O)C[C@H](C(=O)N1C(=O)OC[C@@H]1Cc1ccccc1)C(C)(C)C)C(=O)N(C1CC1)S(=O)[O-]. The molecule has 0 bridgehead atoms. The standard InChI is InChI=1S/C48H53N5O10S/c1-6-31-26-48(31,45(57)53(64(59)60)32-17-18-32)50-43(55)40-23-35(63-41-25-38(30-15-11-8-12-16-30)49-39-22-34(61-5)19-20-36(39)41)27-51(40)42(54)24-37(47(2,3)4)44(56)52-33(28-62-46(52)58)21-29-13-9-7-10-14-29/h6-16,19-20,22,25,31-33,35,37,40H,1,17-18,21,23-24,26-28H2,2-5H3,(H,50,55)(H,59,60)/p-1/t31?,33-,35+,37+,40-,48?/m0/s1. The van der Waals surface area contributed by atoms with Crippen LogP contribution in [-0.2, 0) is 41.6 Å². The fourth-order valence-corrected chi connectivity index (χ4v) is 9.67. The predicted octanol–water partition coefficient (Wildman–Crippen LogP) is 5.75. The summed E-state index contributed by atoms with van der Waals surface area (Å²) in [5.74, 6) is -3.06. The van der Waals surface area contributed by atoms with E-state index in [0.717, 1.165) is 20.3 Å². The van der Waals surface area contributed by atoms with Crippen LogP contribution in [0.4, 0.5) is 4.79 Å². The molecule has 2 saturated heterocycles. The van der Waals surface area contributed by atoms with Gasteiger partial charge in [0.25, 0.3) is 5.91 Å². The zero-order valence-electron chi connectivity index (χ0n) is 36.3. The number of ether oxygens (including phenoxy) is 3. The van der Waals surface area contributed by atoms with Crippen LogP contribution in [0.5, 0.6) is 11.5 Å². The zero-order chi connectivity index (χ0) is 45.5. The highest BCUT2D eigenvalue weighted by molar-refractivity contribution is 7.77. The van der Waals surface area contributed by atoms with Crippen LogP contribution in [0, 0.1) is 17.3 Å². The number of amides is 5. The van der Waals surface area contributed by atoms with Crippen molar-refractivity contribution in [1.29, 1.82) is 0 Å². The van der Waals surface area contributed by atoms with E-state index in [1.54, 1.807) is 25.3 Å². The summed E-state index contributed by atoms with van der Waals surface area (Å²) in [6.45, 7) is 9.20. The Morgan fingerprint density at radius 3 is 2.39 bits per heavy atom. The highest BCUT2D eigenvalue weighted by atomic mass is 32.2. The number of imide groups is 1. The number of pyridine rings is 1. The van der Waals surface area contributed by atoms with Crippen LogP contribution >= 0.6 is 0 Å². The maximum Gasteiger partial charge on any atom is 0.416 e. The molecule has 16 heteroatoms. The van der Waals surface area contributed by atoms with Crippen LogP contribution in [0.25, 0.3) is 22.2 Å². The predicted molar refractivity (Wildman–Crippen MR) is 236 cm³/mol. The number of methoxy groups -OCH3 is 1. The summed E-state index contributed by atoms with van der Waals surface area (Å²) in [4.78, 5) is 78.7. The Morgan fingerprint density at radius 1 is 1.06 bits per heavy atom. The van der Waals surface area contributed by atoms with Crippen molar-refractivity contribution in [3.63, 3.8) is 0 Å². The lowest BCUT2D eigenvalue weighted by Gasteiger charge is -2.35. The number of nitrogens with one attached hydrogen (secondary N) is 1. The van der Waals surface area contributed by atoms with E-state index in [0.29, 0.717) is 47.4 Å². The number of hydrogen-bond acceptors (Lipinski definition) is 11. The molecule has 3 unspecified atom stereocenters. The van der Waals surface area contributed by atoms with Gasteiger partial charge in [-0.1, -0.05) is 87.5 Å². The summed E-state index contributed by atoms with van der Waals surface area (Å²) in [5.41, 5.74) is 0.553. The number of likely N-dealkylation sites (tertiary alicyclic amines) is 1. The Bertz CT molecular complexity index is 2490. The topological polar surface area (TPSA) is 188 Å². The normalized spacial score (nSPS) is 23.8. The van der Waals surface area contributed by atoms with E-state index in [2.05, 4.69) is 11.9 Å². The summed E-state index contributed by atoms with van der Waals surface area (Å²) in [5, 5.41) is 3.53. The summed E-state index contributed by atoms with van der Waals surface area (Å²) in [6, 6.07) is 23.9. The lowest BCUT2D eigenvalue weighted by molar-refractivity contribution is -0.146. The molecule has 336 valence electrons. The van der Waals surface area contributed by atoms with E-state index < -0.39 is 88.0 Å². The van der Waals surface area contributed by atoms with Crippen LogP contribution < -0.4 is 14.8 Å². The molecule has 0 radical (unpaired) electrons. The van der Waals surface area contributed by atoms with Crippen molar-refractivity contribution in [3.8, 4) is 22.8 Å². The number of fused-ring (bicyclic) bond motifs is 1. The third-order valence-corrected chi connectivity index (χ3v) is 13.5. The van der Waals surface area contributed by atoms with Gasteiger partial charge in [0.05, 0.1) is 48.1 Å². The number of aromatic nitrogens is 1. The number of carbonyl (C=O) groups excluding carboxylic acids is 5. The Labute approximate surface area is 374 Å². The van der Waals surface area contributed by atoms with E-state index in [4.69, 9.17) is 19.2 Å². The van der Waals surface area contributed by atoms with E-state index >= 15 is 0 Å². The fourth-order valence-electron chi connectivity index (χ4n) is 8.91. The summed E-state index contributed by atoms with van der Waals surface area (Å²) in [7, 11) is 1.56. The molecule has 7 atom stereocenters. The summed E-state index contributed by atoms with van der Waals surface area (Å²) < 4.78 is 43.1. The number of benzene rings is 3. The number of rotatable bonds is 15. The fraction of sp³-hybridized carbons (Fsp3) is 0.417. The van der Waals surface area contributed by atoms with E-state index in [1.807, 2.05) is 87.5 Å². The maximum atomic E-state index is 14.8. The van der Waals surface area contributed by atoms with Crippen LogP contribution in [0.15, 0.2) is 97.6 Å². The van der Waals surface area contributed by atoms with Gasteiger partial charge in [-0.3, -0.25) is 27.7 Å². The third kappa shape index (κ3) is 8.98. The second-order valence-electron chi connectivity index (χ2n) is 18.1. The molecule has 3 heterocycles. The van der Waals surface area contributed by atoms with Gasteiger partial charge in [0.1, 0.15) is 35.8 Å². The second-order valence-corrected chi connectivity index (χ2v) is 19.0. The minimum atomic E-state index is -2.87. The Balaban J connectivity index is 1.11. The molecule has 3 aromatic carbocycles. The summed E-state index contributed by atoms with van der Waals surface area (Å²) in [6.07, 6.45) is 1.14. The number of hydrogen-bond donors (Lipinski definition) is 1. The molecule has 5 amide bonds. The van der Waals surface area contributed by atoms with Crippen molar-refractivity contribution >= 4 is 51.9 Å². The highest BCUT2D eigenvalue weighted by Gasteiger charge is 2.63. The van der Waals surface area contributed by atoms with Gasteiger partial charge in [-0.2, -0.15) is 0 Å². The van der Waals surface area contributed by atoms with Crippen molar-refractivity contribution < 1.29 is 46.9 Å². The monoisotopic (exact) mass is 890 g/mol. The molecule has 4 aromatic rings. The zero-order valence-corrected chi connectivity index (χ0v) is 37.1. The molecule has 1 aromatic heterocycles. The first kappa shape index (κ1) is 44.5. The van der Waals surface area contributed by atoms with Gasteiger partial charge in [0.15, 0.2) is 0 Å². The second kappa shape index (κ2) is 17.8. The van der Waals surface area contributed by atoms with E-state index in [9.17, 15) is 32.7 Å². The van der Waals surface area contributed by atoms with Gasteiger partial charge in [0, 0.05) is 47.9 Å². The van der Waals surface area contributed by atoms with Gasteiger partial charge in [-0.05, 0) is 48.8 Å². The smallest absolute Gasteiger partial charge is 0.416 e. The molecular weight excluding hydrogens is 839 g/mol. The largest absolute Gasteiger partial charge is 0.755 e. The van der Waals surface area contributed by atoms with Crippen molar-refractivity contribution in [2.75, 3.05) is 20.3 Å². The average molecular weight is 891 g/mol. The minimum absolute atomic E-state index is 0.00437. The highest BCUT2D eigenvalue weighted by Crippen LogP contribution is 2.48. The summed E-state index contributed by atoms with van der Waals surface area (Å²) >= 11 is -2.87. The molecular formula is C48H52N5O10S-. The van der Waals surface area contributed by atoms with Crippen LogP contribution in [0.3, 0.4) is 0 Å². The van der Waals surface area contributed by atoms with Crippen molar-refractivity contribution in [2.24, 2.45) is 17.3 Å². The lowest BCUT2D eigenvalue weighted by Crippen LogP contribution is -2.57. The Kier molecular flexibility index (Phi) is 12.4. The van der Waals surface area contributed by atoms with Crippen LogP contribution in [0.2, 0.25) is 0 Å². The quantitative estimate of drug-likeness (QED) is 0.113. The van der Waals surface area contributed by atoms with Gasteiger partial charge >= 0.3 is 6.09 Å². The molecule has 2 saturated carbocycles. The van der Waals surface area contributed by atoms with E-state index in [1.165, 1.54) is 11.0 Å². The molecule has 4 aliphatic rings. The van der Waals surface area contributed by atoms with Crippen molar-refractivity contribution in [1.82, 2.24) is 24.4 Å². The van der Waals surface area contributed by atoms with E-state index in [-0.39, 0.29) is 32.4 Å². The first-order valence-corrected chi connectivity index (χ1v) is 22.6. The average Bonchev–Trinajstić information content (AvgIpc) is 4.17. The number of nitrogens with zero attached hydrogens (tertiary/aromatic N) is 4. The maximum absolute atomic E-state index is 14.8. The van der Waals surface area contributed by atoms with Gasteiger partial charge in [0.2, 0.25) is 17.7 Å². The first-order valence-electron chi connectivity index (χ1n) is 21.5. The lowest BCUT2D eigenvalue weighted by atomic mass is 9.77. The first-order chi connectivity index (χ1) is 30.6. The van der Waals surface area contributed by atoms with Crippen molar-refractivity contribution in [3.05, 3.63) is 103 Å². The molecule has 4 fully saturated rings. The van der Waals surface area contributed by atoms with Crippen LogP contribution in [0.1, 0.15) is 58.4 Å². The molecule has 2 aliphatic carbocycles. The van der Waals surface area contributed by atoms with Gasteiger partial charge < -0.3 is 29.0 Å². The van der Waals surface area contributed by atoms with Gasteiger partial charge in [-0.25, -0.2) is 14.7 Å². The van der Waals surface area contributed by atoms with Crippen LogP contribution in [-0.4, -0.2) is 108 Å². The van der Waals surface area contributed by atoms with Crippen molar-refractivity contribution in [2.45, 2.75) is 89.1 Å². The molecule has 1 N–H and O–H groups in total. The minimum Gasteiger partial charge on any atom is -0.755 e. The third-order valence-electron chi connectivity index (χ3n) is 12.7. The molecule has 15 nitrogen and oxygen atoms in total.